The van der Waals surface area contributed by atoms with Gasteiger partial charge in [-0.15, -0.1) is 0 Å². The van der Waals surface area contributed by atoms with E-state index in [4.69, 9.17) is 21.1 Å². The Morgan fingerprint density at radius 3 is 2.39 bits per heavy atom. The topological polar surface area (TPSA) is 50.8 Å². The maximum atomic E-state index is 12.3. The SMILES string of the molecule is COc1cc(NCCC(=O)N2CCCCCC2)c(OC)cc1Cl. The molecule has 1 fully saturated rings. The van der Waals surface area contributed by atoms with Gasteiger partial charge in [-0.2, -0.15) is 0 Å². The van der Waals surface area contributed by atoms with Crippen LogP contribution in [-0.4, -0.2) is 44.7 Å². The van der Waals surface area contributed by atoms with Crippen molar-refractivity contribution in [3.05, 3.63) is 17.2 Å². The molecule has 0 spiro atoms. The highest BCUT2D eigenvalue weighted by molar-refractivity contribution is 6.32. The van der Waals surface area contributed by atoms with Gasteiger partial charge in [0, 0.05) is 38.2 Å². The second kappa shape index (κ2) is 8.87. The van der Waals surface area contributed by atoms with E-state index in [1.807, 2.05) is 4.90 Å². The van der Waals surface area contributed by atoms with Crippen LogP contribution in [0, 0.1) is 0 Å². The van der Waals surface area contributed by atoms with Crippen molar-refractivity contribution in [2.45, 2.75) is 32.1 Å². The van der Waals surface area contributed by atoms with Crippen LogP contribution >= 0.6 is 11.6 Å². The van der Waals surface area contributed by atoms with Gasteiger partial charge < -0.3 is 19.7 Å². The maximum Gasteiger partial charge on any atom is 0.224 e. The van der Waals surface area contributed by atoms with Crippen LogP contribution in [0.4, 0.5) is 5.69 Å². The van der Waals surface area contributed by atoms with Crippen molar-refractivity contribution < 1.29 is 14.3 Å². The molecule has 0 saturated carbocycles. The third-order valence-corrected chi connectivity index (χ3v) is 4.38. The van der Waals surface area contributed by atoms with Crippen LogP contribution in [-0.2, 0) is 4.79 Å². The number of carbonyl (C=O) groups is 1. The summed E-state index contributed by atoms with van der Waals surface area (Å²) in [6.07, 6.45) is 5.14. The van der Waals surface area contributed by atoms with Gasteiger partial charge in [-0.1, -0.05) is 24.4 Å². The standard InChI is InChI=1S/C17H25ClN2O3/c1-22-15-12-14(16(23-2)11-13(15)18)19-8-7-17(21)20-9-5-3-4-6-10-20/h11-12,19H,3-10H2,1-2H3. The van der Waals surface area contributed by atoms with Gasteiger partial charge in [0.2, 0.25) is 5.91 Å². The van der Waals surface area contributed by atoms with Crippen molar-refractivity contribution in [3.63, 3.8) is 0 Å². The smallest absolute Gasteiger partial charge is 0.224 e. The van der Waals surface area contributed by atoms with Crippen molar-refractivity contribution >= 4 is 23.2 Å². The molecule has 1 N–H and O–H groups in total. The van der Waals surface area contributed by atoms with Crippen LogP contribution in [0.5, 0.6) is 11.5 Å². The van der Waals surface area contributed by atoms with Crippen molar-refractivity contribution in [2.24, 2.45) is 0 Å². The average molecular weight is 341 g/mol. The number of nitrogens with one attached hydrogen (secondary N) is 1. The monoisotopic (exact) mass is 340 g/mol. The van der Waals surface area contributed by atoms with Gasteiger partial charge >= 0.3 is 0 Å². The fourth-order valence-corrected chi connectivity index (χ4v) is 3.01. The molecule has 128 valence electrons. The first-order chi connectivity index (χ1) is 11.2. The third-order valence-electron chi connectivity index (χ3n) is 4.09. The van der Waals surface area contributed by atoms with E-state index >= 15 is 0 Å². The number of hydrogen-bond donors (Lipinski definition) is 1. The summed E-state index contributed by atoms with van der Waals surface area (Å²) >= 11 is 6.09. The Kier molecular flexibility index (Phi) is 6.84. The molecule has 0 aromatic heterocycles. The van der Waals surface area contributed by atoms with E-state index in [1.54, 1.807) is 26.4 Å². The number of anilines is 1. The number of carbonyl (C=O) groups excluding carboxylic acids is 1. The molecule has 0 atom stereocenters. The van der Waals surface area contributed by atoms with Gasteiger partial charge in [0.25, 0.3) is 0 Å². The van der Waals surface area contributed by atoms with E-state index in [2.05, 4.69) is 5.32 Å². The molecule has 0 radical (unpaired) electrons. The zero-order valence-electron chi connectivity index (χ0n) is 13.9. The lowest BCUT2D eigenvalue weighted by molar-refractivity contribution is -0.130. The lowest BCUT2D eigenvalue weighted by Crippen LogP contribution is -2.32. The molecule has 0 unspecified atom stereocenters. The zero-order valence-corrected chi connectivity index (χ0v) is 14.6. The van der Waals surface area contributed by atoms with E-state index in [0.717, 1.165) is 31.6 Å². The predicted octanol–water partition coefficient (Wildman–Crippen LogP) is 3.56. The fourth-order valence-electron chi connectivity index (χ4n) is 2.78. The normalized spacial score (nSPS) is 15.0. The highest BCUT2D eigenvalue weighted by Gasteiger charge is 2.15. The summed E-state index contributed by atoms with van der Waals surface area (Å²) in [4.78, 5) is 14.3. The minimum absolute atomic E-state index is 0.208. The molecule has 23 heavy (non-hydrogen) atoms. The highest BCUT2D eigenvalue weighted by Crippen LogP contribution is 2.35. The number of ether oxygens (including phenoxy) is 2. The number of hydrogen-bond acceptors (Lipinski definition) is 4. The molecule has 1 heterocycles. The average Bonchev–Trinajstić information content (AvgIpc) is 2.85. The van der Waals surface area contributed by atoms with E-state index in [-0.39, 0.29) is 5.91 Å². The summed E-state index contributed by atoms with van der Waals surface area (Å²) in [5.74, 6) is 1.42. The lowest BCUT2D eigenvalue weighted by atomic mass is 10.2. The second-order valence-corrected chi connectivity index (χ2v) is 6.07. The van der Waals surface area contributed by atoms with Gasteiger partial charge in [-0.25, -0.2) is 0 Å². The predicted molar refractivity (Wildman–Crippen MR) is 92.7 cm³/mol. The molecule has 1 aliphatic heterocycles. The number of halogens is 1. The second-order valence-electron chi connectivity index (χ2n) is 5.66. The van der Waals surface area contributed by atoms with Crippen molar-refractivity contribution in [1.82, 2.24) is 4.90 Å². The van der Waals surface area contributed by atoms with Crippen LogP contribution < -0.4 is 14.8 Å². The van der Waals surface area contributed by atoms with Crippen LogP contribution in [0.1, 0.15) is 32.1 Å². The molecule has 1 aliphatic rings. The summed E-state index contributed by atoms with van der Waals surface area (Å²) in [5.41, 5.74) is 0.775. The summed E-state index contributed by atoms with van der Waals surface area (Å²) in [6.45, 7) is 2.32. The van der Waals surface area contributed by atoms with Crippen LogP contribution in [0.25, 0.3) is 0 Å². The van der Waals surface area contributed by atoms with E-state index < -0.39 is 0 Å². The first kappa shape index (κ1) is 17.7. The number of methoxy groups -OCH3 is 2. The molecule has 1 aromatic carbocycles. The molecule has 0 bridgehead atoms. The Hall–Kier alpha value is -1.62. The van der Waals surface area contributed by atoms with Crippen molar-refractivity contribution in [1.29, 1.82) is 0 Å². The minimum atomic E-state index is 0.208. The van der Waals surface area contributed by atoms with Gasteiger partial charge in [0.15, 0.2) is 0 Å². The molecule has 6 heteroatoms. The molecular weight excluding hydrogens is 316 g/mol. The van der Waals surface area contributed by atoms with Gasteiger partial charge in [0.05, 0.1) is 24.9 Å². The fraction of sp³-hybridized carbons (Fsp3) is 0.588. The van der Waals surface area contributed by atoms with Crippen molar-refractivity contribution in [2.75, 3.05) is 39.2 Å². The summed E-state index contributed by atoms with van der Waals surface area (Å²) in [5, 5.41) is 3.74. The van der Waals surface area contributed by atoms with Gasteiger partial charge in [0.1, 0.15) is 11.5 Å². The highest BCUT2D eigenvalue weighted by atomic mass is 35.5. The molecule has 1 aromatic rings. The lowest BCUT2D eigenvalue weighted by Gasteiger charge is -2.20. The van der Waals surface area contributed by atoms with E-state index in [1.165, 1.54) is 12.8 Å². The Bertz CT molecular complexity index is 529. The Labute approximate surface area is 142 Å². The van der Waals surface area contributed by atoms with E-state index in [9.17, 15) is 4.79 Å². The summed E-state index contributed by atoms with van der Waals surface area (Å²) in [7, 11) is 3.16. The maximum absolute atomic E-state index is 12.3. The molecule has 0 aliphatic carbocycles. The number of nitrogens with zero attached hydrogens (tertiary/aromatic N) is 1. The number of benzene rings is 1. The van der Waals surface area contributed by atoms with Crippen LogP contribution in [0.2, 0.25) is 5.02 Å². The molecular formula is C17H25ClN2O3. The molecule has 1 saturated heterocycles. The van der Waals surface area contributed by atoms with Crippen LogP contribution in [0.15, 0.2) is 12.1 Å². The summed E-state index contributed by atoms with van der Waals surface area (Å²) in [6, 6.07) is 3.50. The number of amides is 1. The van der Waals surface area contributed by atoms with Gasteiger partial charge in [-0.05, 0) is 12.8 Å². The first-order valence-corrected chi connectivity index (χ1v) is 8.46. The van der Waals surface area contributed by atoms with Gasteiger partial charge in [-0.3, -0.25) is 4.79 Å². The third kappa shape index (κ3) is 4.93. The molecule has 2 rings (SSSR count). The Morgan fingerprint density at radius 1 is 1.13 bits per heavy atom. The molecule has 1 amide bonds. The quantitative estimate of drug-likeness (QED) is 0.860. The number of likely N-dealkylation sites (tertiary alicyclic amines) is 1. The first-order valence-electron chi connectivity index (χ1n) is 8.09. The zero-order chi connectivity index (χ0) is 16.7. The minimum Gasteiger partial charge on any atom is -0.495 e. The Morgan fingerprint density at radius 2 is 1.78 bits per heavy atom. The molecule has 5 nitrogen and oxygen atoms in total. The largest absolute Gasteiger partial charge is 0.495 e. The number of rotatable bonds is 6. The summed E-state index contributed by atoms with van der Waals surface area (Å²) < 4.78 is 10.5. The van der Waals surface area contributed by atoms with E-state index in [0.29, 0.717) is 29.5 Å². The van der Waals surface area contributed by atoms with Crippen LogP contribution in [0.3, 0.4) is 0 Å². The van der Waals surface area contributed by atoms with Crippen molar-refractivity contribution in [3.8, 4) is 11.5 Å². The Balaban J connectivity index is 1.91.